The van der Waals surface area contributed by atoms with Crippen molar-refractivity contribution in [3.8, 4) is 0 Å². The first-order valence-electron chi connectivity index (χ1n) is 3.73. The molecule has 0 aliphatic heterocycles. The Bertz CT molecular complexity index is 472. The van der Waals surface area contributed by atoms with Crippen LogP contribution in [0.2, 0.25) is 5.02 Å². The van der Waals surface area contributed by atoms with Gasteiger partial charge >= 0.3 is 6.18 Å². The Morgan fingerprint density at radius 3 is 2.57 bits per heavy atom. The Hall–Kier alpha value is -0.740. The Morgan fingerprint density at radius 2 is 1.93 bits per heavy atom. The number of halogens is 4. The van der Waals surface area contributed by atoms with Crippen molar-refractivity contribution >= 4 is 33.0 Å². The van der Waals surface area contributed by atoms with Crippen LogP contribution in [0.3, 0.4) is 0 Å². The third kappa shape index (κ3) is 1.48. The summed E-state index contributed by atoms with van der Waals surface area (Å²) in [5, 5.41) is 1.63. The molecular formula is C9H4ClF3S. The average molecular weight is 237 g/mol. The number of hydrogen-bond acceptors (Lipinski definition) is 1. The summed E-state index contributed by atoms with van der Waals surface area (Å²) in [6.07, 6.45) is -4.30. The van der Waals surface area contributed by atoms with Gasteiger partial charge in [0.2, 0.25) is 0 Å². The number of alkyl halides is 3. The molecule has 0 amide bonds. The fourth-order valence-corrected chi connectivity index (χ4v) is 2.53. The van der Waals surface area contributed by atoms with Crippen molar-refractivity contribution in [2.75, 3.05) is 0 Å². The molecule has 0 saturated carbocycles. The lowest BCUT2D eigenvalue weighted by Crippen LogP contribution is -2.02. The molecule has 0 aliphatic carbocycles. The summed E-state index contributed by atoms with van der Waals surface area (Å²) < 4.78 is 37.8. The highest BCUT2D eigenvalue weighted by Crippen LogP contribution is 2.40. The molecule has 0 fully saturated rings. The first-order chi connectivity index (χ1) is 6.50. The molecule has 1 aromatic carbocycles. The highest BCUT2D eigenvalue weighted by Gasteiger charge is 2.33. The first-order valence-corrected chi connectivity index (χ1v) is 4.99. The SMILES string of the molecule is FC(F)(F)c1csc2c(Cl)cccc12. The van der Waals surface area contributed by atoms with Crippen molar-refractivity contribution in [2.24, 2.45) is 0 Å². The minimum Gasteiger partial charge on any atom is -0.166 e. The monoisotopic (exact) mass is 236 g/mol. The third-order valence-electron chi connectivity index (χ3n) is 1.86. The van der Waals surface area contributed by atoms with E-state index in [1.807, 2.05) is 0 Å². The second-order valence-corrected chi connectivity index (χ2v) is 4.05. The minimum atomic E-state index is -4.30. The number of rotatable bonds is 0. The van der Waals surface area contributed by atoms with E-state index in [0.29, 0.717) is 9.72 Å². The molecule has 5 heteroatoms. The highest BCUT2D eigenvalue weighted by molar-refractivity contribution is 7.18. The molecular weight excluding hydrogens is 233 g/mol. The molecule has 0 bridgehead atoms. The van der Waals surface area contributed by atoms with Crippen LogP contribution in [0.25, 0.3) is 10.1 Å². The van der Waals surface area contributed by atoms with E-state index in [9.17, 15) is 13.2 Å². The predicted molar refractivity (Wildman–Crippen MR) is 51.8 cm³/mol. The van der Waals surface area contributed by atoms with Crippen LogP contribution in [0.5, 0.6) is 0 Å². The van der Waals surface area contributed by atoms with Gasteiger partial charge in [0.1, 0.15) is 0 Å². The van der Waals surface area contributed by atoms with Gasteiger partial charge in [-0.25, -0.2) is 0 Å². The molecule has 0 nitrogen and oxygen atoms in total. The zero-order valence-corrected chi connectivity index (χ0v) is 8.30. The normalized spacial score (nSPS) is 12.3. The predicted octanol–water partition coefficient (Wildman–Crippen LogP) is 4.57. The van der Waals surface area contributed by atoms with Crippen molar-refractivity contribution in [2.45, 2.75) is 6.18 Å². The standard InChI is InChI=1S/C9H4ClF3S/c10-7-3-1-2-5-6(9(11,12)13)4-14-8(5)7/h1-4H. The van der Waals surface area contributed by atoms with E-state index in [1.165, 1.54) is 12.1 Å². The zero-order chi connectivity index (χ0) is 10.3. The number of thiophene rings is 1. The van der Waals surface area contributed by atoms with Crippen molar-refractivity contribution in [3.63, 3.8) is 0 Å². The van der Waals surface area contributed by atoms with Gasteiger partial charge in [0.15, 0.2) is 0 Å². The van der Waals surface area contributed by atoms with E-state index in [-0.39, 0.29) is 5.39 Å². The van der Waals surface area contributed by atoms with Gasteiger partial charge < -0.3 is 0 Å². The quantitative estimate of drug-likeness (QED) is 0.628. The van der Waals surface area contributed by atoms with Gasteiger partial charge in [0.25, 0.3) is 0 Å². The second kappa shape index (κ2) is 3.14. The summed E-state index contributed by atoms with van der Waals surface area (Å²) >= 11 is 6.78. The van der Waals surface area contributed by atoms with Gasteiger partial charge in [-0.2, -0.15) is 13.2 Å². The van der Waals surface area contributed by atoms with Crippen LogP contribution in [0.4, 0.5) is 13.2 Å². The summed E-state index contributed by atoms with van der Waals surface area (Å²) in [7, 11) is 0. The van der Waals surface area contributed by atoms with E-state index in [0.717, 1.165) is 16.7 Å². The Labute approximate surface area is 86.9 Å². The fourth-order valence-electron chi connectivity index (χ4n) is 1.24. The third-order valence-corrected chi connectivity index (χ3v) is 3.31. The molecule has 14 heavy (non-hydrogen) atoms. The van der Waals surface area contributed by atoms with Gasteiger partial charge in [0, 0.05) is 10.8 Å². The molecule has 0 saturated heterocycles. The molecule has 0 unspecified atom stereocenters. The maximum atomic E-state index is 12.4. The molecule has 1 heterocycles. The lowest BCUT2D eigenvalue weighted by atomic mass is 10.2. The fraction of sp³-hybridized carbons (Fsp3) is 0.111. The van der Waals surface area contributed by atoms with E-state index in [1.54, 1.807) is 6.07 Å². The van der Waals surface area contributed by atoms with Crippen LogP contribution in [0.1, 0.15) is 5.56 Å². The summed E-state index contributed by atoms with van der Waals surface area (Å²) in [5.41, 5.74) is -0.611. The van der Waals surface area contributed by atoms with Crippen LogP contribution >= 0.6 is 22.9 Å². The summed E-state index contributed by atoms with van der Waals surface area (Å²) in [6, 6.07) is 4.54. The summed E-state index contributed by atoms with van der Waals surface area (Å²) in [6.45, 7) is 0. The molecule has 0 aliphatic rings. The van der Waals surface area contributed by atoms with Crippen molar-refractivity contribution in [1.29, 1.82) is 0 Å². The summed E-state index contributed by atoms with van der Waals surface area (Å²) in [4.78, 5) is 0. The van der Waals surface area contributed by atoms with E-state index < -0.39 is 11.7 Å². The lowest BCUT2D eigenvalue weighted by Gasteiger charge is -2.03. The first kappa shape index (κ1) is 9.80. The second-order valence-electron chi connectivity index (χ2n) is 2.76. The molecule has 0 spiro atoms. The van der Waals surface area contributed by atoms with Crippen LogP contribution in [0.15, 0.2) is 23.6 Å². The van der Waals surface area contributed by atoms with Crippen LogP contribution in [-0.2, 0) is 6.18 Å². The van der Waals surface area contributed by atoms with Gasteiger partial charge in [-0.05, 0) is 6.07 Å². The minimum absolute atomic E-state index is 0.176. The van der Waals surface area contributed by atoms with Gasteiger partial charge in [-0.15, -0.1) is 11.3 Å². The van der Waals surface area contributed by atoms with Crippen LogP contribution in [0, 0.1) is 0 Å². The Balaban J connectivity index is 2.76. The van der Waals surface area contributed by atoms with Crippen LogP contribution in [-0.4, -0.2) is 0 Å². The molecule has 74 valence electrons. The number of hydrogen-bond donors (Lipinski definition) is 0. The van der Waals surface area contributed by atoms with Gasteiger partial charge in [-0.1, -0.05) is 23.7 Å². The maximum absolute atomic E-state index is 12.4. The molecule has 0 radical (unpaired) electrons. The van der Waals surface area contributed by atoms with Crippen molar-refractivity contribution < 1.29 is 13.2 Å². The van der Waals surface area contributed by atoms with E-state index in [4.69, 9.17) is 11.6 Å². The molecule has 2 rings (SSSR count). The molecule has 0 atom stereocenters. The molecule has 1 aromatic heterocycles. The Morgan fingerprint density at radius 1 is 1.21 bits per heavy atom. The summed E-state index contributed by atoms with van der Waals surface area (Å²) in [5.74, 6) is 0. The van der Waals surface area contributed by atoms with Crippen molar-refractivity contribution in [3.05, 3.63) is 34.2 Å². The number of fused-ring (bicyclic) bond motifs is 1. The number of benzene rings is 1. The molecule has 0 N–H and O–H groups in total. The Kier molecular flexibility index (Phi) is 2.20. The lowest BCUT2D eigenvalue weighted by molar-refractivity contribution is -0.136. The average Bonchev–Trinajstić information content (AvgIpc) is 2.47. The maximum Gasteiger partial charge on any atom is 0.417 e. The van der Waals surface area contributed by atoms with E-state index in [2.05, 4.69) is 0 Å². The molecule has 2 aromatic rings. The van der Waals surface area contributed by atoms with Gasteiger partial charge in [0.05, 0.1) is 15.3 Å². The van der Waals surface area contributed by atoms with Crippen LogP contribution < -0.4 is 0 Å². The zero-order valence-electron chi connectivity index (χ0n) is 6.73. The highest BCUT2D eigenvalue weighted by atomic mass is 35.5. The smallest absolute Gasteiger partial charge is 0.166 e. The van der Waals surface area contributed by atoms with E-state index >= 15 is 0 Å². The van der Waals surface area contributed by atoms with Gasteiger partial charge in [-0.3, -0.25) is 0 Å². The van der Waals surface area contributed by atoms with Crippen molar-refractivity contribution in [1.82, 2.24) is 0 Å². The topological polar surface area (TPSA) is 0 Å². The largest absolute Gasteiger partial charge is 0.417 e.